The number of carbonyl (C=O) groups excluding carboxylic acids is 1. The lowest BCUT2D eigenvalue weighted by Crippen LogP contribution is -2.09. The molecule has 0 aromatic rings. The maximum atomic E-state index is 11.5. The Balaban J connectivity index is 2.97. The van der Waals surface area contributed by atoms with Crippen molar-refractivity contribution in [1.82, 2.24) is 0 Å². The lowest BCUT2D eigenvalue weighted by molar-refractivity contribution is -0.118. The van der Waals surface area contributed by atoms with E-state index in [1.54, 1.807) is 0 Å². The molecule has 68 valence electrons. The summed E-state index contributed by atoms with van der Waals surface area (Å²) in [4.78, 5) is 11.8. The van der Waals surface area contributed by atoms with Crippen LogP contribution in [0.1, 0.15) is 26.7 Å². The van der Waals surface area contributed by atoms with Gasteiger partial charge in [-0.3, -0.25) is 4.79 Å². The van der Waals surface area contributed by atoms with Gasteiger partial charge in [0.05, 0.1) is 5.03 Å². The number of Topliss-reactive ketones (excluding diaryl/α,β-unsaturated/α-hetero) is 1. The zero-order chi connectivity index (χ0) is 9.30. The monoisotopic (exact) mass is 250 g/mol. The minimum atomic E-state index is 0.0787. The lowest BCUT2D eigenvalue weighted by Gasteiger charge is -2.06. The van der Waals surface area contributed by atoms with Crippen molar-refractivity contribution in [1.29, 1.82) is 0 Å². The van der Waals surface area contributed by atoms with Crippen LogP contribution >= 0.6 is 27.5 Å². The molecule has 0 aromatic heterocycles. The van der Waals surface area contributed by atoms with Crippen LogP contribution in [0, 0.1) is 5.92 Å². The predicted molar refractivity (Wildman–Crippen MR) is 54.7 cm³/mol. The maximum Gasteiger partial charge on any atom is 0.176 e. The average molecular weight is 252 g/mol. The van der Waals surface area contributed by atoms with E-state index < -0.39 is 0 Å². The second-order valence-electron chi connectivity index (χ2n) is 3.31. The summed E-state index contributed by atoms with van der Waals surface area (Å²) in [7, 11) is 0. The van der Waals surface area contributed by atoms with Crippen molar-refractivity contribution < 1.29 is 4.79 Å². The molecule has 0 radical (unpaired) electrons. The Morgan fingerprint density at radius 3 is 2.67 bits per heavy atom. The molecule has 0 aliphatic heterocycles. The van der Waals surface area contributed by atoms with E-state index in [1.807, 2.05) is 13.8 Å². The number of halogens is 2. The van der Waals surface area contributed by atoms with Crippen LogP contribution in [0.4, 0.5) is 0 Å². The standard InChI is InChI=1S/C9H12BrClO/c1-5-3-4-7(10)6(2)8(11)9(5)12/h5,7H,3-4H2,1-2H3/t5-,7-/m1/s1. The molecule has 1 nitrogen and oxygen atoms in total. The first-order chi connectivity index (χ1) is 5.54. The molecule has 3 heteroatoms. The van der Waals surface area contributed by atoms with Gasteiger partial charge >= 0.3 is 0 Å². The molecule has 0 amide bonds. The topological polar surface area (TPSA) is 17.1 Å². The average Bonchev–Trinajstić information content (AvgIpc) is 2.14. The van der Waals surface area contributed by atoms with Crippen LogP contribution in [0.3, 0.4) is 0 Å². The summed E-state index contributed by atoms with van der Waals surface area (Å²) < 4.78 is 0. The van der Waals surface area contributed by atoms with Gasteiger partial charge in [0.2, 0.25) is 0 Å². The summed E-state index contributed by atoms with van der Waals surface area (Å²) in [5, 5.41) is 0.432. The number of allylic oxidation sites excluding steroid dienone is 2. The number of alkyl halides is 1. The quantitative estimate of drug-likeness (QED) is 0.604. The molecular weight excluding hydrogens is 239 g/mol. The second kappa shape index (κ2) is 3.93. The molecule has 1 aliphatic carbocycles. The van der Waals surface area contributed by atoms with Gasteiger partial charge in [-0.15, -0.1) is 0 Å². The zero-order valence-corrected chi connectivity index (χ0v) is 9.58. The minimum absolute atomic E-state index is 0.0787. The van der Waals surface area contributed by atoms with Crippen molar-refractivity contribution in [3.05, 3.63) is 10.6 Å². The predicted octanol–water partition coefficient (Wildman–Crippen LogP) is 3.26. The fraction of sp³-hybridized carbons (Fsp3) is 0.667. The Bertz CT molecular complexity index is 235. The zero-order valence-electron chi connectivity index (χ0n) is 7.23. The van der Waals surface area contributed by atoms with Gasteiger partial charge in [0.15, 0.2) is 5.78 Å². The molecule has 0 saturated heterocycles. The Morgan fingerprint density at radius 1 is 1.50 bits per heavy atom. The van der Waals surface area contributed by atoms with Crippen molar-refractivity contribution in [3.8, 4) is 0 Å². The highest BCUT2D eigenvalue weighted by atomic mass is 79.9. The number of hydrogen-bond donors (Lipinski definition) is 0. The first-order valence-corrected chi connectivity index (χ1v) is 5.38. The van der Waals surface area contributed by atoms with E-state index in [0.717, 1.165) is 18.4 Å². The van der Waals surface area contributed by atoms with Crippen LogP contribution in [-0.2, 0) is 4.79 Å². The van der Waals surface area contributed by atoms with E-state index in [2.05, 4.69) is 15.9 Å². The van der Waals surface area contributed by atoms with Gasteiger partial charge in [0, 0.05) is 10.7 Å². The van der Waals surface area contributed by atoms with E-state index in [4.69, 9.17) is 11.6 Å². The van der Waals surface area contributed by atoms with Gasteiger partial charge in [-0.1, -0.05) is 34.5 Å². The largest absolute Gasteiger partial charge is 0.293 e. The van der Waals surface area contributed by atoms with Gasteiger partial charge in [-0.05, 0) is 25.3 Å². The minimum Gasteiger partial charge on any atom is -0.293 e. The molecular formula is C9H12BrClO. The van der Waals surface area contributed by atoms with E-state index in [9.17, 15) is 4.79 Å². The Morgan fingerprint density at radius 2 is 2.08 bits per heavy atom. The Hall–Kier alpha value is 0.180. The number of ketones is 1. The van der Waals surface area contributed by atoms with Crippen molar-refractivity contribution in [2.24, 2.45) is 5.92 Å². The highest BCUT2D eigenvalue weighted by Crippen LogP contribution is 2.31. The normalized spacial score (nSPS) is 32.2. The first-order valence-electron chi connectivity index (χ1n) is 4.08. The van der Waals surface area contributed by atoms with Crippen molar-refractivity contribution >= 4 is 33.3 Å². The summed E-state index contributed by atoms with van der Waals surface area (Å²) in [5.41, 5.74) is 0.978. The first kappa shape index (κ1) is 10.3. The summed E-state index contributed by atoms with van der Waals surface area (Å²) in [6, 6.07) is 0. The van der Waals surface area contributed by atoms with Crippen molar-refractivity contribution in [2.45, 2.75) is 31.5 Å². The van der Waals surface area contributed by atoms with E-state index >= 15 is 0 Å². The second-order valence-corrected chi connectivity index (χ2v) is 4.79. The summed E-state index contributed by atoms with van der Waals surface area (Å²) in [6.45, 7) is 3.85. The highest BCUT2D eigenvalue weighted by molar-refractivity contribution is 9.09. The number of hydrogen-bond acceptors (Lipinski definition) is 1. The number of rotatable bonds is 0. The van der Waals surface area contributed by atoms with Gasteiger partial charge in [0.1, 0.15) is 0 Å². The van der Waals surface area contributed by atoms with E-state index in [1.165, 1.54) is 0 Å². The Labute approximate surface area is 86.3 Å². The molecule has 0 heterocycles. The van der Waals surface area contributed by atoms with E-state index in [0.29, 0.717) is 5.03 Å². The van der Waals surface area contributed by atoms with Crippen LogP contribution in [0.5, 0.6) is 0 Å². The van der Waals surface area contributed by atoms with Gasteiger partial charge < -0.3 is 0 Å². The number of carbonyl (C=O) groups is 1. The molecule has 0 aromatic carbocycles. The molecule has 0 saturated carbocycles. The van der Waals surface area contributed by atoms with Crippen LogP contribution in [0.25, 0.3) is 0 Å². The molecule has 0 bridgehead atoms. The third kappa shape index (κ3) is 1.91. The molecule has 12 heavy (non-hydrogen) atoms. The van der Waals surface area contributed by atoms with E-state index in [-0.39, 0.29) is 16.5 Å². The maximum absolute atomic E-state index is 11.5. The van der Waals surface area contributed by atoms with Crippen molar-refractivity contribution in [3.63, 3.8) is 0 Å². The van der Waals surface area contributed by atoms with Gasteiger partial charge in [0.25, 0.3) is 0 Å². The SMILES string of the molecule is CC1=C(Cl)C(=O)[C@H](C)CC[C@H]1Br. The van der Waals surface area contributed by atoms with Gasteiger partial charge in [-0.25, -0.2) is 0 Å². The van der Waals surface area contributed by atoms with Crippen LogP contribution in [-0.4, -0.2) is 10.6 Å². The molecule has 2 atom stereocenters. The third-order valence-corrected chi connectivity index (χ3v) is 3.96. The molecule has 1 rings (SSSR count). The summed E-state index contributed by atoms with van der Waals surface area (Å²) in [6.07, 6.45) is 1.91. The van der Waals surface area contributed by atoms with Crippen LogP contribution < -0.4 is 0 Å². The summed E-state index contributed by atoms with van der Waals surface area (Å²) in [5.74, 6) is 0.172. The molecule has 0 N–H and O–H groups in total. The summed E-state index contributed by atoms with van der Waals surface area (Å²) >= 11 is 9.42. The van der Waals surface area contributed by atoms with Crippen molar-refractivity contribution in [2.75, 3.05) is 0 Å². The van der Waals surface area contributed by atoms with Crippen LogP contribution in [0.2, 0.25) is 0 Å². The Kier molecular flexibility index (Phi) is 3.36. The smallest absolute Gasteiger partial charge is 0.176 e. The van der Waals surface area contributed by atoms with Crippen LogP contribution in [0.15, 0.2) is 10.6 Å². The third-order valence-electron chi connectivity index (χ3n) is 2.33. The molecule has 0 spiro atoms. The molecule has 1 aliphatic rings. The fourth-order valence-corrected chi connectivity index (χ4v) is 2.24. The molecule has 0 unspecified atom stereocenters. The van der Waals surface area contributed by atoms with Gasteiger partial charge in [-0.2, -0.15) is 0 Å². The molecule has 0 fully saturated rings. The fourth-order valence-electron chi connectivity index (χ4n) is 1.29. The lowest BCUT2D eigenvalue weighted by atomic mass is 10.0. The highest BCUT2D eigenvalue weighted by Gasteiger charge is 2.25.